The van der Waals surface area contributed by atoms with Crippen molar-refractivity contribution < 1.29 is 51.1 Å². The molecule has 2 aliphatic rings. The number of nitrogen functional groups attached to an aromatic ring is 1. The normalized spacial score (nSPS) is 29.2. The zero-order chi connectivity index (χ0) is 28.5. The number of ether oxygens (including phenoxy) is 4. The maximum absolute atomic E-state index is 16.3. The molecular weight excluding hydrogens is 546 g/mol. The standard InChI is InChI=1S/C21H30FN6O10P/c1-6-33-16-13-15(26-19(23)27-16)28(9-24-13)18-21(4,22)14-12(37-18)8-35-39(31,38-14)34-7-11(25-20(30)32-5)17(29)36-10(2)3/h9-12,14,18H,6-8H2,1-5H3,(H,25,30)(H2,23,26,27)/t11-,12+,14+,18+,21+,39-/m0/s1. The van der Waals surface area contributed by atoms with E-state index in [1.807, 2.05) is 0 Å². The lowest BCUT2D eigenvalue weighted by atomic mass is 9.98. The number of alkyl halides is 1. The Hall–Kier alpha value is -3.11. The molecule has 216 valence electrons. The first-order chi connectivity index (χ1) is 18.4. The molecule has 0 bridgehead atoms. The Bertz CT molecular complexity index is 1280. The lowest BCUT2D eigenvalue weighted by molar-refractivity contribution is -0.151. The Labute approximate surface area is 222 Å². The van der Waals surface area contributed by atoms with Gasteiger partial charge in [-0.05, 0) is 27.7 Å². The number of aromatic nitrogens is 4. The summed E-state index contributed by atoms with van der Waals surface area (Å²) in [5.74, 6) is -0.873. The van der Waals surface area contributed by atoms with Crippen molar-refractivity contribution in [3.05, 3.63) is 6.33 Å². The van der Waals surface area contributed by atoms with Crippen LogP contribution in [0.2, 0.25) is 0 Å². The Kier molecular flexibility index (Phi) is 8.28. The summed E-state index contributed by atoms with van der Waals surface area (Å²) in [5, 5.41) is 2.22. The number of rotatable bonds is 9. The van der Waals surface area contributed by atoms with Crippen LogP contribution >= 0.6 is 7.82 Å². The summed E-state index contributed by atoms with van der Waals surface area (Å²) in [7, 11) is -3.34. The van der Waals surface area contributed by atoms with Crippen molar-refractivity contribution in [1.29, 1.82) is 0 Å². The predicted octanol–water partition coefficient (Wildman–Crippen LogP) is 1.65. The van der Waals surface area contributed by atoms with Gasteiger partial charge in [0, 0.05) is 0 Å². The number of hydrogen-bond donors (Lipinski definition) is 2. The van der Waals surface area contributed by atoms with Crippen molar-refractivity contribution >= 4 is 37.0 Å². The number of phosphoric ester groups is 1. The molecule has 0 aromatic carbocycles. The molecule has 39 heavy (non-hydrogen) atoms. The van der Waals surface area contributed by atoms with Gasteiger partial charge in [-0.1, -0.05) is 0 Å². The summed E-state index contributed by atoms with van der Waals surface area (Å²) in [6, 6.07) is -1.41. The average Bonchev–Trinajstić information content (AvgIpc) is 3.39. The van der Waals surface area contributed by atoms with E-state index in [1.165, 1.54) is 17.8 Å². The van der Waals surface area contributed by atoms with E-state index in [0.717, 1.165) is 7.11 Å². The van der Waals surface area contributed by atoms with E-state index < -0.39 is 62.7 Å². The fourth-order valence-corrected chi connectivity index (χ4v) is 5.55. The van der Waals surface area contributed by atoms with Crippen molar-refractivity contribution in [2.45, 2.75) is 63.9 Å². The third kappa shape index (κ3) is 5.91. The quantitative estimate of drug-likeness (QED) is 0.323. The van der Waals surface area contributed by atoms with Crippen LogP contribution in [0.5, 0.6) is 5.88 Å². The average molecular weight is 576 g/mol. The summed E-state index contributed by atoms with van der Waals surface area (Å²) in [6.45, 7) is 5.40. The number of nitrogens with one attached hydrogen (secondary N) is 1. The summed E-state index contributed by atoms with van der Waals surface area (Å²) < 4.78 is 67.8. The van der Waals surface area contributed by atoms with Crippen LogP contribution in [0.3, 0.4) is 0 Å². The Morgan fingerprint density at radius 3 is 2.79 bits per heavy atom. The number of carbonyl (C=O) groups is 2. The monoisotopic (exact) mass is 576 g/mol. The van der Waals surface area contributed by atoms with Crippen molar-refractivity contribution in [3.8, 4) is 5.88 Å². The predicted molar refractivity (Wildman–Crippen MR) is 129 cm³/mol. The number of imidazole rings is 1. The molecule has 1 amide bonds. The summed E-state index contributed by atoms with van der Waals surface area (Å²) in [6.07, 6.45) is -3.93. The first kappa shape index (κ1) is 28.9. The summed E-state index contributed by atoms with van der Waals surface area (Å²) in [4.78, 5) is 36.4. The van der Waals surface area contributed by atoms with E-state index in [2.05, 4.69) is 25.0 Å². The highest BCUT2D eigenvalue weighted by molar-refractivity contribution is 7.48. The zero-order valence-electron chi connectivity index (χ0n) is 21.9. The molecule has 0 aliphatic carbocycles. The molecule has 0 spiro atoms. The van der Waals surface area contributed by atoms with Gasteiger partial charge in [-0.15, -0.1) is 0 Å². The number of nitrogens with zero attached hydrogens (tertiary/aromatic N) is 4. The molecule has 3 N–H and O–H groups in total. The minimum absolute atomic E-state index is 0.118. The second kappa shape index (κ2) is 11.2. The molecule has 6 atom stereocenters. The molecule has 4 rings (SSSR count). The number of phosphoric acid groups is 1. The fourth-order valence-electron chi connectivity index (χ4n) is 4.08. The van der Waals surface area contributed by atoms with Crippen LogP contribution < -0.4 is 15.8 Å². The van der Waals surface area contributed by atoms with Crippen molar-refractivity contribution in [2.24, 2.45) is 0 Å². The number of carbonyl (C=O) groups excluding carboxylic acids is 2. The number of esters is 1. The van der Waals surface area contributed by atoms with Gasteiger partial charge in [0.2, 0.25) is 11.8 Å². The van der Waals surface area contributed by atoms with E-state index in [1.54, 1.807) is 20.8 Å². The molecule has 0 unspecified atom stereocenters. The maximum Gasteiger partial charge on any atom is 0.475 e. The van der Waals surface area contributed by atoms with Crippen LogP contribution in [0.4, 0.5) is 15.1 Å². The van der Waals surface area contributed by atoms with E-state index >= 15 is 4.39 Å². The van der Waals surface area contributed by atoms with Crippen molar-refractivity contribution in [3.63, 3.8) is 0 Å². The third-order valence-corrected chi connectivity index (χ3v) is 7.19. The lowest BCUT2D eigenvalue weighted by Gasteiger charge is -2.34. The SMILES string of the molecule is CCOc1nc(N)nc2c1ncn2[C@@H]1O[C@@H]2CO[P@](=O)(OC[C@H](NC(=O)OC)C(=O)OC(C)C)O[C@H]2[C@@]1(C)F. The highest BCUT2D eigenvalue weighted by atomic mass is 31.2. The maximum atomic E-state index is 16.3. The number of fused-ring (bicyclic) bond motifs is 2. The topological polar surface area (TPSA) is 197 Å². The molecule has 18 heteroatoms. The number of halogens is 1. The van der Waals surface area contributed by atoms with Gasteiger partial charge < -0.3 is 30.0 Å². The molecule has 0 saturated carbocycles. The molecule has 2 saturated heterocycles. The lowest BCUT2D eigenvalue weighted by Crippen LogP contribution is -2.47. The van der Waals surface area contributed by atoms with Crippen LogP contribution in [-0.2, 0) is 37.1 Å². The van der Waals surface area contributed by atoms with Gasteiger partial charge in [0.05, 0.1) is 39.4 Å². The van der Waals surface area contributed by atoms with Crippen LogP contribution in [0.1, 0.15) is 33.9 Å². The van der Waals surface area contributed by atoms with Crippen LogP contribution in [-0.4, -0.2) is 88.5 Å². The molecule has 2 aromatic heterocycles. The Morgan fingerprint density at radius 2 is 2.13 bits per heavy atom. The highest BCUT2D eigenvalue weighted by Crippen LogP contribution is 2.59. The van der Waals surface area contributed by atoms with Gasteiger partial charge in [0.15, 0.2) is 29.1 Å². The zero-order valence-corrected chi connectivity index (χ0v) is 22.8. The van der Waals surface area contributed by atoms with Crippen molar-refractivity contribution in [1.82, 2.24) is 24.8 Å². The minimum Gasteiger partial charge on any atom is -0.476 e. The van der Waals surface area contributed by atoms with Gasteiger partial charge in [0.1, 0.15) is 12.2 Å². The molecule has 4 heterocycles. The van der Waals surface area contributed by atoms with Gasteiger partial charge >= 0.3 is 19.9 Å². The summed E-state index contributed by atoms with van der Waals surface area (Å²) in [5.41, 5.74) is 3.90. The molecule has 16 nitrogen and oxygen atoms in total. The minimum atomic E-state index is -4.43. The number of anilines is 1. The largest absolute Gasteiger partial charge is 0.476 e. The Morgan fingerprint density at radius 1 is 1.38 bits per heavy atom. The van der Waals surface area contributed by atoms with Gasteiger partial charge in [-0.3, -0.25) is 18.1 Å². The molecular formula is C21H30FN6O10P. The molecule has 2 aliphatic heterocycles. The molecule has 2 fully saturated rings. The van der Waals surface area contributed by atoms with E-state index in [4.69, 9.17) is 33.5 Å². The first-order valence-corrected chi connectivity index (χ1v) is 13.4. The summed E-state index contributed by atoms with van der Waals surface area (Å²) >= 11 is 0. The third-order valence-electron chi connectivity index (χ3n) is 5.77. The smallest absolute Gasteiger partial charge is 0.475 e. The second-order valence-corrected chi connectivity index (χ2v) is 10.7. The number of methoxy groups -OCH3 is 1. The Balaban J connectivity index is 1.53. The number of nitrogens with two attached hydrogens (primary N) is 1. The number of amides is 1. The molecule has 0 radical (unpaired) electrons. The van der Waals surface area contributed by atoms with Gasteiger partial charge in [-0.25, -0.2) is 23.5 Å². The van der Waals surface area contributed by atoms with Crippen LogP contribution in [0.15, 0.2) is 6.33 Å². The molecule has 2 aromatic rings. The fraction of sp³-hybridized carbons (Fsp3) is 0.667. The van der Waals surface area contributed by atoms with Crippen molar-refractivity contribution in [2.75, 3.05) is 32.7 Å². The van der Waals surface area contributed by atoms with E-state index in [0.29, 0.717) is 0 Å². The van der Waals surface area contributed by atoms with E-state index in [-0.39, 0.29) is 36.2 Å². The number of alkyl carbamates (subject to hydrolysis) is 1. The first-order valence-electron chi connectivity index (χ1n) is 12.0. The second-order valence-electron chi connectivity index (χ2n) is 9.06. The highest BCUT2D eigenvalue weighted by Gasteiger charge is 2.62. The van der Waals surface area contributed by atoms with E-state index in [9.17, 15) is 14.2 Å². The van der Waals surface area contributed by atoms with Gasteiger partial charge in [-0.2, -0.15) is 9.97 Å². The van der Waals surface area contributed by atoms with Gasteiger partial charge in [0.25, 0.3) is 0 Å². The van der Waals surface area contributed by atoms with Crippen LogP contribution in [0, 0.1) is 0 Å². The van der Waals surface area contributed by atoms with Crippen LogP contribution in [0.25, 0.3) is 11.2 Å². The number of hydrogen-bond acceptors (Lipinski definition) is 14.